The van der Waals surface area contributed by atoms with Crippen LogP contribution < -0.4 is 17.0 Å². The summed E-state index contributed by atoms with van der Waals surface area (Å²) in [6.07, 6.45) is 0.631. The average molecular weight is 117 g/mol. The van der Waals surface area contributed by atoms with Crippen LogP contribution in [0.3, 0.4) is 0 Å². The van der Waals surface area contributed by atoms with E-state index in [1.165, 1.54) is 0 Å². The molecule has 1 amide bonds. The third-order valence-electron chi connectivity index (χ3n) is 0.953. The molecule has 0 aromatic heterocycles. The number of rotatable bonds is 3. The second kappa shape index (κ2) is 3.40. The first-order valence-corrected chi connectivity index (χ1v) is 2.47. The van der Waals surface area contributed by atoms with Crippen molar-refractivity contribution in [1.29, 1.82) is 0 Å². The van der Waals surface area contributed by atoms with Crippen molar-refractivity contribution in [1.82, 2.24) is 5.43 Å². The van der Waals surface area contributed by atoms with Crippen molar-refractivity contribution < 1.29 is 4.79 Å². The van der Waals surface area contributed by atoms with Crippen molar-refractivity contribution in [3.63, 3.8) is 0 Å². The number of hydrogen-bond donors (Lipinski definition) is 3. The van der Waals surface area contributed by atoms with Gasteiger partial charge >= 0.3 is 0 Å². The fraction of sp³-hybridized carbons (Fsp3) is 0.750. The highest BCUT2D eigenvalue weighted by atomic mass is 16.1. The number of hydrogen-bond acceptors (Lipinski definition) is 3. The van der Waals surface area contributed by atoms with Crippen LogP contribution in [0.5, 0.6) is 0 Å². The smallest absolute Gasteiger partial charge is 0.235 e. The van der Waals surface area contributed by atoms with E-state index in [4.69, 9.17) is 11.6 Å². The highest BCUT2D eigenvalue weighted by Gasteiger charge is 2.07. The van der Waals surface area contributed by atoms with Gasteiger partial charge < -0.3 is 5.73 Å². The van der Waals surface area contributed by atoms with Gasteiger partial charge in [0.25, 0.3) is 0 Å². The first-order valence-electron chi connectivity index (χ1n) is 2.47. The Labute approximate surface area is 48.2 Å². The van der Waals surface area contributed by atoms with E-state index < -0.39 is 5.91 Å². The maximum atomic E-state index is 10.2. The van der Waals surface area contributed by atoms with Crippen molar-refractivity contribution >= 4 is 5.91 Å². The minimum atomic E-state index is -0.407. The summed E-state index contributed by atoms with van der Waals surface area (Å²) in [4.78, 5) is 10.2. The lowest BCUT2D eigenvalue weighted by Gasteiger charge is -2.06. The minimum Gasteiger partial charge on any atom is -0.368 e. The lowest BCUT2D eigenvalue weighted by molar-refractivity contribution is -0.120. The quantitative estimate of drug-likeness (QED) is 0.318. The van der Waals surface area contributed by atoms with Gasteiger partial charge in [-0.25, -0.2) is 5.43 Å². The SMILES string of the molecule is CC[C@H](NN)C(N)=O. The first kappa shape index (κ1) is 7.39. The third-order valence-corrected chi connectivity index (χ3v) is 0.953. The van der Waals surface area contributed by atoms with E-state index in [9.17, 15) is 4.79 Å². The Morgan fingerprint density at radius 1 is 1.88 bits per heavy atom. The molecule has 5 N–H and O–H groups in total. The van der Waals surface area contributed by atoms with Gasteiger partial charge in [-0.2, -0.15) is 0 Å². The summed E-state index contributed by atoms with van der Waals surface area (Å²) in [6.45, 7) is 1.83. The van der Waals surface area contributed by atoms with E-state index in [1.54, 1.807) is 0 Å². The minimum absolute atomic E-state index is 0.380. The lowest BCUT2D eigenvalue weighted by atomic mass is 10.2. The van der Waals surface area contributed by atoms with E-state index in [1.807, 2.05) is 6.92 Å². The van der Waals surface area contributed by atoms with Crippen LogP contribution in [0.1, 0.15) is 13.3 Å². The van der Waals surface area contributed by atoms with Crippen LogP contribution in [-0.2, 0) is 4.79 Å². The number of amides is 1. The van der Waals surface area contributed by atoms with Crippen molar-refractivity contribution in [3.05, 3.63) is 0 Å². The maximum Gasteiger partial charge on any atom is 0.235 e. The molecule has 0 saturated heterocycles. The van der Waals surface area contributed by atoms with E-state index in [0.717, 1.165) is 0 Å². The number of nitrogens with two attached hydrogens (primary N) is 2. The number of nitrogens with one attached hydrogen (secondary N) is 1. The summed E-state index contributed by atoms with van der Waals surface area (Å²) in [5.41, 5.74) is 7.15. The number of carbonyl (C=O) groups is 1. The van der Waals surface area contributed by atoms with Crippen LogP contribution in [0.4, 0.5) is 0 Å². The Bertz CT molecular complexity index is 79.4. The molecule has 4 heteroatoms. The molecule has 48 valence electrons. The molecule has 0 aliphatic heterocycles. The van der Waals surface area contributed by atoms with Crippen molar-refractivity contribution in [2.24, 2.45) is 11.6 Å². The van der Waals surface area contributed by atoms with Gasteiger partial charge in [0.05, 0.1) is 6.04 Å². The van der Waals surface area contributed by atoms with Crippen LogP contribution in [0, 0.1) is 0 Å². The highest BCUT2D eigenvalue weighted by Crippen LogP contribution is 1.83. The fourth-order valence-electron chi connectivity index (χ4n) is 0.401. The zero-order valence-corrected chi connectivity index (χ0v) is 4.85. The monoisotopic (exact) mass is 117 g/mol. The standard InChI is InChI=1S/C4H11N3O/c1-2-3(7-6)4(5)8/h3,7H,2,6H2,1H3,(H2,5,8)/t3-/m0/s1. The second-order valence-corrected chi connectivity index (χ2v) is 1.53. The summed E-state index contributed by atoms with van der Waals surface area (Å²) in [5, 5.41) is 0. The first-order chi connectivity index (χ1) is 3.72. The third kappa shape index (κ3) is 1.90. The largest absolute Gasteiger partial charge is 0.368 e. The van der Waals surface area contributed by atoms with Gasteiger partial charge in [-0.05, 0) is 6.42 Å². The Morgan fingerprint density at radius 3 is 2.38 bits per heavy atom. The highest BCUT2D eigenvalue weighted by molar-refractivity contribution is 5.79. The van der Waals surface area contributed by atoms with Gasteiger partial charge in [-0.1, -0.05) is 6.92 Å². The summed E-state index contributed by atoms with van der Waals surface area (Å²) >= 11 is 0. The van der Waals surface area contributed by atoms with Gasteiger partial charge in [0.1, 0.15) is 0 Å². The van der Waals surface area contributed by atoms with Crippen molar-refractivity contribution in [3.8, 4) is 0 Å². The number of hydrazine groups is 1. The lowest BCUT2D eigenvalue weighted by Crippen LogP contribution is -2.44. The van der Waals surface area contributed by atoms with Gasteiger partial charge in [0, 0.05) is 0 Å². The summed E-state index contributed by atoms with van der Waals surface area (Å²) in [6, 6.07) is -0.380. The molecule has 1 atom stereocenters. The topological polar surface area (TPSA) is 81.1 Å². The van der Waals surface area contributed by atoms with Crippen LogP contribution in [-0.4, -0.2) is 11.9 Å². The van der Waals surface area contributed by atoms with Crippen molar-refractivity contribution in [2.45, 2.75) is 19.4 Å². The molecule has 0 bridgehead atoms. The normalized spacial score (nSPS) is 13.2. The molecule has 0 saturated carbocycles. The predicted molar refractivity (Wildman–Crippen MR) is 30.6 cm³/mol. The molecule has 0 aliphatic carbocycles. The molecule has 0 unspecified atom stereocenters. The second-order valence-electron chi connectivity index (χ2n) is 1.53. The number of primary amides is 1. The number of carbonyl (C=O) groups excluding carboxylic acids is 1. The van der Waals surface area contributed by atoms with Crippen LogP contribution in [0.25, 0.3) is 0 Å². The molecule has 0 fully saturated rings. The Hall–Kier alpha value is -0.610. The molecule has 0 spiro atoms. The zero-order chi connectivity index (χ0) is 6.57. The molecular weight excluding hydrogens is 106 g/mol. The van der Waals surface area contributed by atoms with Crippen LogP contribution in [0.15, 0.2) is 0 Å². The molecule has 0 rings (SSSR count). The van der Waals surface area contributed by atoms with Crippen LogP contribution in [0.2, 0.25) is 0 Å². The van der Waals surface area contributed by atoms with Crippen LogP contribution >= 0.6 is 0 Å². The predicted octanol–water partition coefficient (Wildman–Crippen LogP) is -1.29. The fourth-order valence-corrected chi connectivity index (χ4v) is 0.401. The summed E-state index contributed by atoms with van der Waals surface area (Å²) in [7, 11) is 0. The van der Waals surface area contributed by atoms with E-state index in [-0.39, 0.29) is 6.04 Å². The molecule has 0 heterocycles. The summed E-state index contributed by atoms with van der Waals surface area (Å²) < 4.78 is 0. The molecule has 4 nitrogen and oxygen atoms in total. The maximum absolute atomic E-state index is 10.2. The molecule has 8 heavy (non-hydrogen) atoms. The van der Waals surface area contributed by atoms with E-state index >= 15 is 0 Å². The van der Waals surface area contributed by atoms with E-state index in [0.29, 0.717) is 6.42 Å². The van der Waals surface area contributed by atoms with Gasteiger partial charge in [0.2, 0.25) is 5.91 Å². The zero-order valence-electron chi connectivity index (χ0n) is 4.85. The van der Waals surface area contributed by atoms with Crippen molar-refractivity contribution in [2.75, 3.05) is 0 Å². The Morgan fingerprint density at radius 2 is 2.38 bits per heavy atom. The Balaban J connectivity index is 3.52. The Kier molecular flexibility index (Phi) is 3.14. The molecule has 0 aromatic rings. The van der Waals surface area contributed by atoms with Gasteiger partial charge in [0.15, 0.2) is 0 Å². The molecule has 0 aliphatic rings. The van der Waals surface area contributed by atoms with Gasteiger partial charge in [-0.15, -0.1) is 0 Å². The molecule has 0 radical (unpaired) electrons. The molecular formula is C4H11N3O. The molecule has 0 aromatic carbocycles. The average Bonchev–Trinajstić information content (AvgIpc) is 1.69. The van der Waals surface area contributed by atoms with Gasteiger partial charge in [-0.3, -0.25) is 10.6 Å². The van der Waals surface area contributed by atoms with E-state index in [2.05, 4.69) is 5.43 Å². The summed E-state index contributed by atoms with van der Waals surface area (Å²) in [5.74, 6) is 4.53.